The van der Waals surface area contributed by atoms with Crippen LogP contribution in [0, 0.1) is 5.92 Å². The second-order valence-corrected chi connectivity index (χ2v) is 5.78. The lowest BCUT2D eigenvalue weighted by molar-refractivity contribution is 0.0690. The number of pyridine rings is 1. The molecule has 6 nitrogen and oxygen atoms in total. The number of rotatable bonds is 5. The maximum Gasteiger partial charge on any atom is 0.354 e. The summed E-state index contributed by atoms with van der Waals surface area (Å²) in [5.74, 6) is -1.13. The van der Waals surface area contributed by atoms with E-state index >= 15 is 0 Å². The maximum absolute atomic E-state index is 11.6. The summed E-state index contributed by atoms with van der Waals surface area (Å²) >= 11 is 0. The van der Waals surface area contributed by atoms with Gasteiger partial charge >= 0.3 is 5.97 Å². The Morgan fingerprint density at radius 3 is 2.53 bits per heavy atom. The molecular formula is C10H14N2O4S. The second kappa shape index (κ2) is 5.13. The standard InChI is InChI=1S/C10H14N2O4S/c1-7(2)6-17(15,16)12-8-3-4-9(10(13)14)11-5-8/h3-5,7,12H,6H2,1-2H3,(H,13,14). The molecule has 0 bridgehead atoms. The van der Waals surface area contributed by atoms with Gasteiger partial charge in [0.15, 0.2) is 0 Å². The van der Waals surface area contributed by atoms with Crippen LogP contribution in [-0.2, 0) is 10.0 Å². The SMILES string of the molecule is CC(C)CS(=O)(=O)Nc1ccc(C(=O)O)nc1. The summed E-state index contributed by atoms with van der Waals surface area (Å²) < 4.78 is 25.5. The van der Waals surface area contributed by atoms with Crippen molar-refractivity contribution in [2.75, 3.05) is 10.5 Å². The summed E-state index contributed by atoms with van der Waals surface area (Å²) in [5, 5.41) is 8.63. The van der Waals surface area contributed by atoms with E-state index in [1.165, 1.54) is 18.3 Å². The largest absolute Gasteiger partial charge is 0.477 e. The third-order valence-electron chi connectivity index (χ3n) is 1.81. The molecule has 1 heterocycles. The lowest BCUT2D eigenvalue weighted by Crippen LogP contribution is -2.20. The molecule has 0 atom stereocenters. The predicted octanol–water partition coefficient (Wildman–Crippen LogP) is 1.18. The van der Waals surface area contributed by atoms with Crippen molar-refractivity contribution >= 4 is 21.7 Å². The first kappa shape index (κ1) is 13.4. The highest BCUT2D eigenvalue weighted by Gasteiger charge is 2.13. The minimum absolute atomic E-state index is 0.00762. The lowest BCUT2D eigenvalue weighted by Gasteiger charge is -2.09. The monoisotopic (exact) mass is 258 g/mol. The van der Waals surface area contributed by atoms with Gasteiger partial charge in [0.25, 0.3) is 0 Å². The van der Waals surface area contributed by atoms with Crippen LogP contribution < -0.4 is 4.72 Å². The molecule has 0 fully saturated rings. The number of anilines is 1. The number of sulfonamides is 1. The highest BCUT2D eigenvalue weighted by atomic mass is 32.2. The average Bonchev–Trinajstić information content (AvgIpc) is 2.15. The van der Waals surface area contributed by atoms with E-state index in [2.05, 4.69) is 9.71 Å². The molecule has 0 radical (unpaired) electrons. The smallest absolute Gasteiger partial charge is 0.354 e. The van der Waals surface area contributed by atoms with Gasteiger partial charge in [-0.1, -0.05) is 13.8 Å². The van der Waals surface area contributed by atoms with E-state index in [0.29, 0.717) is 0 Å². The Hall–Kier alpha value is -1.63. The fourth-order valence-corrected chi connectivity index (χ4v) is 2.68. The molecule has 0 aliphatic carbocycles. The first-order chi connectivity index (χ1) is 7.80. The Morgan fingerprint density at radius 2 is 2.12 bits per heavy atom. The van der Waals surface area contributed by atoms with Gasteiger partial charge < -0.3 is 5.11 Å². The van der Waals surface area contributed by atoms with Crippen LogP contribution in [0.15, 0.2) is 18.3 Å². The van der Waals surface area contributed by atoms with Gasteiger partial charge in [-0.3, -0.25) is 4.72 Å². The molecule has 1 rings (SSSR count). The Morgan fingerprint density at radius 1 is 1.47 bits per heavy atom. The van der Waals surface area contributed by atoms with E-state index in [1.807, 2.05) is 0 Å². The molecule has 1 aromatic rings. The van der Waals surface area contributed by atoms with Crippen molar-refractivity contribution in [3.63, 3.8) is 0 Å². The van der Waals surface area contributed by atoms with Crippen LogP contribution in [0.3, 0.4) is 0 Å². The molecule has 0 aliphatic heterocycles. The summed E-state index contributed by atoms with van der Waals surface area (Å²) in [6, 6.07) is 2.61. The molecule has 2 N–H and O–H groups in total. The third kappa shape index (κ3) is 4.39. The summed E-state index contributed by atoms with van der Waals surface area (Å²) in [6.45, 7) is 3.59. The Balaban J connectivity index is 2.79. The lowest BCUT2D eigenvalue weighted by atomic mass is 10.3. The van der Waals surface area contributed by atoms with Gasteiger partial charge in [0.05, 0.1) is 17.6 Å². The van der Waals surface area contributed by atoms with Crippen molar-refractivity contribution in [3.8, 4) is 0 Å². The van der Waals surface area contributed by atoms with E-state index in [4.69, 9.17) is 5.11 Å². The van der Waals surface area contributed by atoms with Crippen molar-refractivity contribution in [2.24, 2.45) is 5.92 Å². The van der Waals surface area contributed by atoms with Gasteiger partial charge in [0.1, 0.15) is 5.69 Å². The highest BCUT2D eigenvalue weighted by molar-refractivity contribution is 7.92. The summed E-state index contributed by atoms with van der Waals surface area (Å²) in [5.41, 5.74) is 0.132. The van der Waals surface area contributed by atoms with E-state index in [-0.39, 0.29) is 23.1 Å². The molecule has 0 saturated heterocycles. The van der Waals surface area contributed by atoms with Gasteiger partial charge in [0, 0.05) is 0 Å². The average molecular weight is 258 g/mol. The number of aromatic nitrogens is 1. The fourth-order valence-electron chi connectivity index (χ4n) is 1.24. The van der Waals surface area contributed by atoms with Crippen LogP contribution in [-0.4, -0.2) is 30.2 Å². The first-order valence-corrected chi connectivity index (χ1v) is 6.65. The van der Waals surface area contributed by atoms with E-state index in [9.17, 15) is 13.2 Å². The van der Waals surface area contributed by atoms with Crippen LogP contribution in [0.25, 0.3) is 0 Å². The summed E-state index contributed by atoms with van der Waals surface area (Å²) in [6.07, 6.45) is 1.18. The molecule has 7 heteroatoms. The van der Waals surface area contributed by atoms with Gasteiger partial charge in [-0.05, 0) is 18.1 Å². The van der Waals surface area contributed by atoms with Gasteiger partial charge in [-0.2, -0.15) is 0 Å². The topological polar surface area (TPSA) is 96.4 Å². The Bertz CT molecular complexity index is 494. The van der Waals surface area contributed by atoms with Gasteiger partial charge in [-0.15, -0.1) is 0 Å². The van der Waals surface area contributed by atoms with Crippen LogP contribution in [0.1, 0.15) is 24.3 Å². The first-order valence-electron chi connectivity index (χ1n) is 5.00. The minimum Gasteiger partial charge on any atom is -0.477 e. The number of hydrogen-bond acceptors (Lipinski definition) is 4. The number of nitrogens with one attached hydrogen (secondary N) is 1. The quantitative estimate of drug-likeness (QED) is 0.826. The fraction of sp³-hybridized carbons (Fsp3) is 0.400. The molecular weight excluding hydrogens is 244 g/mol. The molecule has 0 unspecified atom stereocenters. The van der Waals surface area contributed by atoms with Crippen LogP contribution in [0.4, 0.5) is 5.69 Å². The van der Waals surface area contributed by atoms with E-state index in [0.717, 1.165) is 0 Å². The maximum atomic E-state index is 11.6. The van der Waals surface area contributed by atoms with Crippen molar-refractivity contribution in [3.05, 3.63) is 24.0 Å². The zero-order valence-corrected chi connectivity index (χ0v) is 10.4. The third-order valence-corrected chi connectivity index (χ3v) is 3.46. The summed E-state index contributed by atoms with van der Waals surface area (Å²) in [7, 11) is -3.40. The minimum atomic E-state index is -3.40. The predicted molar refractivity (Wildman–Crippen MR) is 63.4 cm³/mol. The number of nitrogens with zero attached hydrogens (tertiary/aromatic N) is 1. The number of carboxylic acid groups (broad SMARTS) is 1. The van der Waals surface area contributed by atoms with Crippen LogP contribution in [0.2, 0.25) is 0 Å². The van der Waals surface area contributed by atoms with Gasteiger partial charge in [0.2, 0.25) is 10.0 Å². The number of carbonyl (C=O) groups is 1. The Labute approximate surface area is 99.7 Å². The van der Waals surface area contributed by atoms with Crippen molar-refractivity contribution in [1.82, 2.24) is 4.98 Å². The Kier molecular flexibility index (Phi) is 4.06. The zero-order chi connectivity index (χ0) is 13.1. The molecule has 17 heavy (non-hydrogen) atoms. The summed E-state index contributed by atoms with van der Waals surface area (Å²) in [4.78, 5) is 14.2. The molecule has 0 amide bonds. The van der Waals surface area contributed by atoms with E-state index < -0.39 is 16.0 Å². The molecule has 0 aromatic carbocycles. The van der Waals surface area contributed by atoms with E-state index in [1.54, 1.807) is 13.8 Å². The van der Waals surface area contributed by atoms with Crippen LogP contribution in [0.5, 0.6) is 0 Å². The highest BCUT2D eigenvalue weighted by Crippen LogP contribution is 2.10. The second-order valence-electron chi connectivity index (χ2n) is 4.01. The molecule has 0 saturated carbocycles. The zero-order valence-electron chi connectivity index (χ0n) is 9.54. The molecule has 94 valence electrons. The molecule has 1 aromatic heterocycles. The molecule has 0 spiro atoms. The van der Waals surface area contributed by atoms with Crippen molar-refractivity contribution in [1.29, 1.82) is 0 Å². The number of carboxylic acids is 1. The number of aromatic carboxylic acids is 1. The van der Waals surface area contributed by atoms with Crippen molar-refractivity contribution < 1.29 is 18.3 Å². The normalized spacial score (nSPS) is 11.5. The van der Waals surface area contributed by atoms with Gasteiger partial charge in [-0.25, -0.2) is 18.2 Å². The number of hydrogen-bond donors (Lipinski definition) is 2. The molecule has 0 aliphatic rings. The van der Waals surface area contributed by atoms with Crippen LogP contribution >= 0.6 is 0 Å². The van der Waals surface area contributed by atoms with Crippen molar-refractivity contribution in [2.45, 2.75) is 13.8 Å².